The minimum absolute atomic E-state index is 0.228. The molecule has 1 aromatic heterocycles. The lowest BCUT2D eigenvalue weighted by Gasteiger charge is -2.04. The predicted molar refractivity (Wildman–Crippen MR) is 102 cm³/mol. The average molecular weight is 360 g/mol. The molecule has 4 rings (SSSR count). The number of methoxy groups -OCH3 is 1. The molecule has 7 heteroatoms. The molecule has 0 bridgehead atoms. The molecule has 27 heavy (non-hydrogen) atoms. The molecule has 2 heterocycles. The first-order valence-electron chi connectivity index (χ1n) is 8.29. The molecule has 0 fully saturated rings. The normalized spacial score (nSPS) is 13.1. The van der Waals surface area contributed by atoms with Crippen LogP contribution in [0.4, 0.5) is 5.69 Å². The summed E-state index contributed by atoms with van der Waals surface area (Å²) in [5.74, 6) is 1.13. The fourth-order valence-corrected chi connectivity index (χ4v) is 2.68. The highest BCUT2D eigenvalue weighted by molar-refractivity contribution is 6.17. The van der Waals surface area contributed by atoms with Crippen LogP contribution in [0.3, 0.4) is 0 Å². The molecule has 134 valence electrons. The smallest absolute Gasteiger partial charge is 0.277 e. The van der Waals surface area contributed by atoms with E-state index in [4.69, 9.17) is 9.15 Å². The van der Waals surface area contributed by atoms with Crippen LogP contribution in [0.25, 0.3) is 0 Å². The van der Waals surface area contributed by atoms with Crippen LogP contribution in [-0.4, -0.2) is 36.1 Å². The summed E-state index contributed by atoms with van der Waals surface area (Å²) < 4.78 is 10.1. The fraction of sp³-hybridized carbons (Fsp3) is 0.100. The Morgan fingerprint density at radius 3 is 2.74 bits per heavy atom. The second kappa shape index (κ2) is 7.25. The van der Waals surface area contributed by atoms with Gasteiger partial charge in [0.2, 0.25) is 0 Å². The van der Waals surface area contributed by atoms with Crippen LogP contribution in [0.15, 0.2) is 75.6 Å². The Hall–Kier alpha value is -3.74. The molecule has 1 aliphatic rings. The van der Waals surface area contributed by atoms with Gasteiger partial charge in [0, 0.05) is 16.8 Å². The number of nitrogens with one attached hydrogen (secondary N) is 1. The summed E-state index contributed by atoms with van der Waals surface area (Å²) in [6.45, 7) is 0.521. The summed E-state index contributed by atoms with van der Waals surface area (Å²) in [7, 11) is 1.64. The van der Waals surface area contributed by atoms with Gasteiger partial charge in [-0.3, -0.25) is 9.79 Å². The van der Waals surface area contributed by atoms with Crippen LogP contribution in [0.5, 0.6) is 5.75 Å². The lowest BCUT2D eigenvalue weighted by Crippen LogP contribution is -2.12. The number of hydrogen-bond acceptors (Lipinski definition) is 6. The summed E-state index contributed by atoms with van der Waals surface area (Å²) in [4.78, 5) is 24.9. The number of rotatable bonds is 5. The summed E-state index contributed by atoms with van der Waals surface area (Å²) in [5.41, 5.74) is 3.65. The monoisotopic (exact) mass is 360 g/mol. The second-order valence-corrected chi connectivity index (χ2v) is 5.84. The first-order valence-corrected chi connectivity index (χ1v) is 8.29. The quantitative estimate of drug-likeness (QED) is 0.757. The van der Waals surface area contributed by atoms with E-state index in [2.05, 4.69) is 20.3 Å². The maximum absolute atomic E-state index is 12.0. The third-order valence-corrected chi connectivity index (χ3v) is 4.09. The van der Waals surface area contributed by atoms with Gasteiger partial charge in [0.05, 0.1) is 19.4 Å². The number of amides is 1. The van der Waals surface area contributed by atoms with Crippen molar-refractivity contribution in [1.29, 1.82) is 0 Å². The first-order chi connectivity index (χ1) is 13.2. The van der Waals surface area contributed by atoms with Gasteiger partial charge in [-0.25, -0.2) is 9.98 Å². The SMILES string of the molecule is COc1cccc(C2=NC(c3ccc(NC(=O)c4cocn4)cc3)=NC2)c1. The van der Waals surface area contributed by atoms with Crippen LogP contribution in [-0.2, 0) is 0 Å². The molecule has 0 radical (unpaired) electrons. The number of amidine groups is 1. The minimum atomic E-state index is -0.326. The van der Waals surface area contributed by atoms with Gasteiger partial charge in [-0.15, -0.1) is 0 Å². The molecule has 0 aliphatic carbocycles. The van der Waals surface area contributed by atoms with Gasteiger partial charge in [0.15, 0.2) is 17.9 Å². The van der Waals surface area contributed by atoms with Crippen LogP contribution in [0.1, 0.15) is 21.6 Å². The van der Waals surface area contributed by atoms with E-state index in [0.717, 1.165) is 22.6 Å². The van der Waals surface area contributed by atoms with Gasteiger partial charge in [0.1, 0.15) is 12.0 Å². The van der Waals surface area contributed by atoms with E-state index < -0.39 is 0 Å². The zero-order chi connectivity index (χ0) is 18.6. The third-order valence-electron chi connectivity index (χ3n) is 4.09. The van der Waals surface area contributed by atoms with Crippen molar-refractivity contribution in [2.45, 2.75) is 0 Å². The van der Waals surface area contributed by atoms with Gasteiger partial charge in [-0.1, -0.05) is 12.1 Å². The maximum atomic E-state index is 12.0. The van der Waals surface area contributed by atoms with Crippen molar-refractivity contribution >= 4 is 23.1 Å². The topological polar surface area (TPSA) is 89.1 Å². The number of nitrogens with zero attached hydrogens (tertiary/aromatic N) is 3. The highest BCUT2D eigenvalue weighted by Gasteiger charge is 2.15. The van der Waals surface area contributed by atoms with Gasteiger partial charge in [0.25, 0.3) is 5.91 Å². The Balaban J connectivity index is 1.47. The molecule has 0 saturated heterocycles. The lowest BCUT2D eigenvalue weighted by atomic mass is 10.1. The number of anilines is 1. The number of aliphatic imine (C=N–C) groups is 2. The Bertz CT molecular complexity index is 1020. The predicted octanol–water partition coefficient (Wildman–Crippen LogP) is 3.19. The summed E-state index contributed by atoms with van der Waals surface area (Å²) >= 11 is 0. The van der Waals surface area contributed by atoms with Crippen LogP contribution < -0.4 is 10.1 Å². The molecule has 2 aromatic carbocycles. The van der Waals surface area contributed by atoms with E-state index in [1.807, 2.05) is 36.4 Å². The van der Waals surface area contributed by atoms with Crippen molar-refractivity contribution < 1.29 is 13.9 Å². The van der Waals surface area contributed by atoms with E-state index in [-0.39, 0.29) is 11.6 Å². The van der Waals surface area contributed by atoms with Crippen molar-refractivity contribution in [3.8, 4) is 5.75 Å². The molecular formula is C20H16N4O3. The van der Waals surface area contributed by atoms with E-state index in [9.17, 15) is 4.79 Å². The van der Waals surface area contributed by atoms with Gasteiger partial charge in [-0.05, 0) is 36.4 Å². The number of carbonyl (C=O) groups is 1. The first kappa shape index (κ1) is 16.7. The van der Waals surface area contributed by atoms with E-state index in [1.54, 1.807) is 19.2 Å². The zero-order valence-corrected chi connectivity index (χ0v) is 14.5. The molecule has 1 amide bonds. The molecule has 0 spiro atoms. The van der Waals surface area contributed by atoms with Crippen molar-refractivity contribution in [3.63, 3.8) is 0 Å². The highest BCUT2D eigenvalue weighted by Crippen LogP contribution is 2.18. The summed E-state index contributed by atoms with van der Waals surface area (Å²) in [6, 6.07) is 15.1. The zero-order valence-electron chi connectivity index (χ0n) is 14.5. The molecule has 3 aromatic rings. The van der Waals surface area contributed by atoms with Crippen molar-refractivity contribution in [3.05, 3.63) is 78.0 Å². The number of benzene rings is 2. The molecule has 1 aliphatic heterocycles. The van der Waals surface area contributed by atoms with Crippen molar-refractivity contribution in [1.82, 2.24) is 4.98 Å². The summed E-state index contributed by atoms with van der Waals surface area (Å²) in [6.07, 6.45) is 2.51. The van der Waals surface area contributed by atoms with Crippen LogP contribution in [0.2, 0.25) is 0 Å². The van der Waals surface area contributed by atoms with Crippen LogP contribution in [0, 0.1) is 0 Å². The van der Waals surface area contributed by atoms with Gasteiger partial charge < -0.3 is 14.5 Å². The Morgan fingerprint density at radius 1 is 1.15 bits per heavy atom. The lowest BCUT2D eigenvalue weighted by molar-refractivity contribution is 0.102. The Morgan fingerprint density at radius 2 is 2.00 bits per heavy atom. The number of aromatic nitrogens is 1. The largest absolute Gasteiger partial charge is 0.497 e. The van der Waals surface area contributed by atoms with Gasteiger partial charge >= 0.3 is 0 Å². The Labute approximate surface area is 155 Å². The standard InChI is InChI=1S/C20H16N4O3/c1-26-16-4-2-3-14(9-16)17-10-21-19(24-17)13-5-7-15(8-6-13)23-20(25)18-11-27-12-22-18/h2-9,11-12H,10H2,1H3,(H,23,25). The highest BCUT2D eigenvalue weighted by atomic mass is 16.5. The third kappa shape index (κ3) is 3.62. The summed E-state index contributed by atoms with van der Waals surface area (Å²) in [5, 5.41) is 2.76. The molecular weight excluding hydrogens is 344 g/mol. The average Bonchev–Trinajstić information content (AvgIpc) is 3.41. The second-order valence-electron chi connectivity index (χ2n) is 5.84. The number of ether oxygens (including phenoxy) is 1. The minimum Gasteiger partial charge on any atom is -0.497 e. The van der Waals surface area contributed by atoms with Crippen LogP contribution >= 0.6 is 0 Å². The number of hydrogen-bond donors (Lipinski definition) is 1. The maximum Gasteiger partial charge on any atom is 0.277 e. The molecule has 7 nitrogen and oxygen atoms in total. The Kier molecular flexibility index (Phi) is 4.49. The molecule has 0 unspecified atom stereocenters. The van der Waals surface area contributed by atoms with E-state index >= 15 is 0 Å². The molecule has 1 N–H and O–H groups in total. The van der Waals surface area contributed by atoms with Gasteiger partial charge in [-0.2, -0.15) is 0 Å². The van der Waals surface area contributed by atoms with E-state index in [1.165, 1.54) is 12.7 Å². The van der Waals surface area contributed by atoms with Crippen molar-refractivity contribution in [2.75, 3.05) is 19.0 Å². The number of carbonyl (C=O) groups excluding carboxylic acids is 1. The van der Waals surface area contributed by atoms with E-state index in [0.29, 0.717) is 18.1 Å². The molecule has 0 atom stereocenters. The number of oxazole rings is 1. The fourth-order valence-electron chi connectivity index (χ4n) is 2.68. The van der Waals surface area contributed by atoms with Crippen molar-refractivity contribution in [2.24, 2.45) is 9.98 Å². The molecule has 0 saturated carbocycles.